The summed E-state index contributed by atoms with van der Waals surface area (Å²) in [6.45, 7) is 4.15. The monoisotopic (exact) mass is 624 g/mol. The first-order chi connectivity index (χ1) is 19.5. The number of carbonyl (C=O) groups is 2. The van der Waals surface area contributed by atoms with Crippen LogP contribution >= 0.6 is 15.9 Å². The fraction of sp³-hybridized carbons (Fsp3) is 0.517. The van der Waals surface area contributed by atoms with Gasteiger partial charge in [-0.3, -0.25) is 9.48 Å². The fourth-order valence-electron chi connectivity index (χ4n) is 8.27. The number of nitrogens with one attached hydrogen (secondary N) is 1. The van der Waals surface area contributed by atoms with E-state index in [0.29, 0.717) is 46.2 Å². The molecule has 4 saturated carbocycles. The number of amides is 1. The molecule has 2 atom stereocenters. The number of ether oxygens (including phenoxy) is 1. The molecule has 4 bridgehead atoms. The number of anilines is 1. The van der Waals surface area contributed by atoms with Crippen LogP contribution in [0.4, 0.5) is 11.5 Å². The molecule has 2 heterocycles. The van der Waals surface area contributed by atoms with Gasteiger partial charge in [-0.25, -0.2) is 4.79 Å². The number of aromatic nitrogens is 4. The lowest BCUT2D eigenvalue weighted by Gasteiger charge is -2.61. The van der Waals surface area contributed by atoms with Gasteiger partial charge in [0.15, 0.2) is 0 Å². The summed E-state index contributed by atoms with van der Waals surface area (Å²) in [5.41, 5.74) is 3.01. The summed E-state index contributed by atoms with van der Waals surface area (Å²) in [7, 11) is 1.36. The number of nitrogens with zero attached hydrogens (tertiary/aromatic N) is 5. The number of carbonyl (C=O) groups excluding carboxylic acids is 2. The van der Waals surface area contributed by atoms with Crippen molar-refractivity contribution in [3.8, 4) is 0 Å². The van der Waals surface area contributed by atoms with E-state index in [4.69, 9.17) is 4.74 Å². The van der Waals surface area contributed by atoms with Crippen molar-refractivity contribution >= 4 is 39.3 Å². The molecule has 41 heavy (non-hydrogen) atoms. The molecule has 0 aliphatic heterocycles. The van der Waals surface area contributed by atoms with E-state index in [1.807, 2.05) is 30.7 Å². The van der Waals surface area contributed by atoms with Crippen LogP contribution in [0.25, 0.3) is 0 Å². The van der Waals surface area contributed by atoms with E-state index >= 15 is 0 Å². The van der Waals surface area contributed by atoms with Crippen molar-refractivity contribution in [2.75, 3.05) is 12.4 Å². The quantitative estimate of drug-likeness (QED) is 0.198. The zero-order chi connectivity index (χ0) is 29.1. The number of nitro groups is 1. The molecular weight excluding hydrogens is 592 g/mol. The summed E-state index contributed by atoms with van der Waals surface area (Å²) < 4.78 is 8.95. The van der Waals surface area contributed by atoms with Crippen LogP contribution in [0, 0.1) is 41.2 Å². The molecular formula is C29H33BrN6O5. The van der Waals surface area contributed by atoms with Gasteiger partial charge in [0, 0.05) is 6.42 Å². The lowest BCUT2D eigenvalue weighted by molar-refractivity contribution is -0.390. The third kappa shape index (κ3) is 4.85. The molecule has 3 aromatic rings. The molecule has 7 rings (SSSR count). The highest BCUT2D eigenvalue weighted by Gasteiger charge is 2.60. The van der Waals surface area contributed by atoms with Crippen LogP contribution < -0.4 is 5.32 Å². The molecule has 0 saturated heterocycles. The summed E-state index contributed by atoms with van der Waals surface area (Å²) in [6.07, 6.45) is 7.93. The second-order valence-electron chi connectivity index (χ2n) is 12.3. The maximum absolute atomic E-state index is 13.6. The number of methoxy groups -OCH3 is 1. The fourth-order valence-corrected chi connectivity index (χ4v) is 8.69. The first-order valence-corrected chi connectivity index (χ1v) is 14.7. The maximum atomic E-state index is 13.6. The van der Waals surface area contributed by atoms with Gasteiger partial charge in [0.2, 0.25) is 5.91 Å². The molecule has 4 aliphatic rings. The number of rotatable bonds is 8. The Morgan fingerprint density at radius 1 is 1.17 bits per heavy atom. The highest BCUT2D eigenvalue weighted by molar-refractivity contribution is 9.10. The number of hydrogen-bond donors (Lipinski definition) is 1. The topological polar surface area (TPSA) is 134 Å². The number of benzene rings is 1. The van der Waals surface area contributed by atoms with Crippen molar-refractivity contribution in [1.29, 1.82) is 0 Å². The van der Waals surface area contributed by atoms with Crippen molar-refractivity contribution in [1.82, 2.24) is 19.6 Å². The Bertz CT molecular complexity index is 1550. The minimum Gasteiger partial charge on any atom is -0.465 e. The minimum absolute atomic E-state index is 0.0459. The second-order valence-corrected chi connectivity index (χ2v) is 13.1. The van der Waals surface area contributed by atoms with Crippen LogP contribution in [0.15, 0.2) is 34.9 Å². The molecule has 12 heteroatoms. The normalized spacial score (nSPS) is 26.2. The standard InChI is InChI=1S/C29H33BrN6O5/c1-17-25(18(2)34(32-17)14-21-6-4-5-7-22(21)27(38)41-3)31-24(37)13-28-9-19-8-20(10-28)12-29(11-19,16-28)35-15-23(30)26(33-35)36(39)40/h4-7,15,19-20H,8-14,16H2,1-3H3,(H,31,37). The van der Waals surface area contributed by atoms with Crippen molar-refractivity contribution in [3.05, 3.63) is 67.6 Å². The number of esters is 1. The SMILES string of the molecule is COC(=O)c1ccccc1Cn1nc(C)c(NC(=O)CC23CC4CC(C2)CC(n2cc(Br)c([N+](=O)[O-])n2)(C4)C3)c1C. The van der Waals surface area contributed by atoms with Crippen LogP contribution in [-0.4, -0.2) is 43.5 Å². The van der Waals surface area contributed by atoms with Gasteiger partial charge in [0.25, 0.3) is 0 Å². The molecule has 0 radical (unpaired) electrons. The zero-order valence-corrected chi connectivity index (χ0v) is 24.9. The van der Waals surface area contributed by atoms with E-state index in [1.165, 1.54) is 7.11 Å². The van der Waals surface area contributed by atoms with Gasteiger partial charge in [0.05, 0.1) is 53.1 Å². The third-order valence-electron chi connectivity index (χ3n) is 9.39. The predicted molar refractivity (Wildman–Crippen MR) is 154 cm³/mol. The largest absolute Gasteiger partial charge is 0.465 e. The first kappa shape index (κ1) is 27.6. The smallest absolute Gasteiger partial charge is 0.404 e. The van der Waals surface area contributed by atoms with Crippen LogP contribution in [0.5, 0.6) is 0 Å². The third-order valence-corrected chi connectivity index (χ3v) is 9.95. The molecule has 2 unspecified atom stereocenters. The molecule has 2 aromatic heterocycles. The van der Waals surface area contributed by atoms with Gasteiger partial charge in [-0.2, -0.15) is 9.78 Å². The molecule has 4 aliphatic carbocycles. The van der Waals surface area contributed by atoms with Gasteiger partial charge in [-0.05, 0) is 102 Å². The minimum atomic E-state index is -0.455. The number of halogens is 1. The highest BCUT2D eigenvalue weighted by Crippen LogP contribution is 2.65. The lowest BCUT2D eigenvalue weighted by atomic mass is 9.46. The van der Waals surface area contributed by atoms with Crippen LogP contribution in [0.3, 0.4) is 0 Å². The average molecular weight is 626 g/mol. The Hall–Kier alpha value is -3.54. The molecule has 1 amide bonds. The van der Waals surface area contributed by atoms with E-state index in [0.717, 1.165) is 49.8 Å². The van der Waals surface area contributed by atoms with E-state index in [2.05, 4.69) is 31.4 Å². The number of aryl methyl sites for hydroxylation is 1. The summed E-state index contributed by atoms with van der Waals surface area (Å²) in [5.74, 6) is 0.348. The Morgan fingerprint density at radius 3 is 2.54 bits per heavy atom. The molecule has 1 N–H and O–H groups in total. The van der Waals surface area contributed by atoms with E-state index in [1.54, 1.807) is 23.0 Å². The van der Waals surface area contributed by atoms with Crippen LogP contribution in [-0.2, 0) is 21.6 Å². The summed E-state index contributed by atoms with van der Waals surface area (Å²) >= 11 is 3.32. The van der Waals surface area contributed by atoms with Gasteiger partial charge < -0.3 is 20.2 Å². The van der Waals surface area contributed by atoms with E-state index < -0.39 is 10.9 Å². The molecule has 216 valence electrons. The Kier molecular flexibility index (Phi) is 6.79. The van der Waals surface area contributed by atoms with E-state index in [9.17, 15) is 19.7 Å². The summed E-state index contributed by atoms with van der Waals surface area (Å²) in [6, 6.07) is 7.27. The van der Waals surface area contributed by atoms with Crippen molar-refractivity contribution in [2.24, 2.45) is 17.3 Å². The average Bonchev–Trinajstić information content (AvgIpc) is 3.43. The van der Waals surface area contributed by atoms with Gasteiger partial charge >= 0.3 is 11.8 Å². The molecule has 1 aromatic carbocycles. The Morgan fingerprint density at radius 2 is 1.88 bits per heavy atom. The molecule has 0 spiro atoms. The summed E-state index contributed by atoms with van der Waals surface area (Å²) in [5, 5.41) is 23.7. The lowest BCUT2D eigenvalue weighted by Crippen LogP contribution is -2.57. The van der Waals surface area contributed by atoms with Crippen molar-refractivity contribution in [3.63, 3.8) is 0 Å². The first-order valence-electron chi connectivity index (χ1n) is 13.9. The van der Waals surface area contributed by atoms with Crippen molar-refractivity contribution in [2.45, 2.75) is 70.9 Å². The van der Waals surface area contributed by atoms with Gasteiger partial charge in [0.1, 0.15) is 4.47 Å². The van der Waals surface area contributed by atoms with Crippen molar-refractivity contribution < 1.29 is 19.2 Å². The highest BCUT2D eigenvalue weighted by atomic mass is 79.9. The second kappa shape index (κ2) is 10.1. The van der Waals surface area contributed by atoms with Crippen LogP contribution in [0.1, 0.15) is 72.3 Å². The Balaban J connectivity index is 1.21. The molecule has 11 nitrogen and oxygen atoms in total. The van der Waals surface area contributed by atoms with Gasteiger partial charge in [-0.15, -0.1) is 0 Å². The zero-order valence-electron chi connectivity index (χ0n) is 23.4. The Labute approximate surface area is 245 Å². The van der Waals surface area contributed by atoms with Crippen LogP contribution in [0.2, 0.25) is 0 Å². The predicted octanol–water partition coefficient (Wildman–Crippen LogP) is 5.53. The van der Waals surface area contributed by atoms with E-state index in [-0.39, 0.29) is 22.7 Å². The summed E-state index contributed by atoms with van der Waals surface area (Å²) in [4.78, 5) is 36.9. The molecule has 4 fully saturated rings. The maximum Gasteiger partial charge on any atom is 0.404 e. The number of hydrogen-bond acceptors (Lipinski definition) is 7. The van der Waals surface area contributed by atoms with Gasteiger partial charge in [-0.1, -0.05) is 18.2 Å².